The van der Waals surface area contributed by atoms with Gasteiger partial charge in [0.25, 0.3) is 5.56 Å². The fourth-order valence-electron chi connectivity index (χ4n) is 2.90. The van der Waals surface area contributed by atoms with Gasteiger partial charge < -0.3 is 14.4 Å². The fourth-order valence-corrected chi connectivity index (χ4v) is 2.90. The molecule has 0 amide bonds. The average molecular weight is 406 g/mol. The molecule has 11 nitrogen and oxygen atoms in total. The number of carboxylic acid groups (broad SMARTS) is 1. The molecule has 2 rings (SSSR count). The molecule has 2 aromatic rings. The second kappa shape index (κ2) is 9.13. The predicted octanol–water partition coefficient (Wildman–Crippen LogP) is -0.397. The molecule has 0 spiro atoms. The smallest absolute Gasteiger partial charge is 0.332 e. The largest absolute Gasteiger partial charge is 0.480 e. The van der Waals surface area contributed by atoms with Crippen LogP contribution in [0.25, 0.3) is 11.2 Å². The monoisotopic (exact) mass is 406 g/mol. The number of esters is 1. The summed E-state index contributed by atoms with van der Waals surface area (Å²) < 4.78 is 8.47. The third-order valence-electron chi connectivity index (χ3n) is 4.40. The fraction of sp³-hybridized carbons (Fsp3) is 0.444. The lowest BCUT2D eigenvalue weighted by atomic mass is 10.00. The van der Waals surface area contributed by atoms with Gasteiger partial charge in [-0.2, -0.15) is 0 Å². The number of carbonyl (C=O) groups excluding carboxylic acids is 2. The van der Waals surface area contributed by atoms with Crippen LogP contribution in [0.5, 0.6) is 0 Å². The van der Waals surface area contributed by atoms with Crippen molar-refractivity contribution in [2.45, 2.75) is 25.8 Å². The van der Waals surface area contributed by atoms with Crippen LogP contribution in [0.3, 0.4) is 0 Å². The Labute approximate surface area is 164 Å². The number of aromatic nitrogens is 4. The summed E-state index contributed by atoms with van der Waals surface area (Å²) in [4.78, 5) is 64.1. The minimum absolute atomic E-state index is 0.0402. The molecule has 0 saturated carbocycles. The van der Waals surface area contributed by atoms with E-state index < -0.39 is 34.9 Å². The van der Waals surface area contributed by atoms with Gasteiger partial charge in [0, 0.05) is 27.1 Å². The summed E-state index contributed by atoms with van der Waals surface area (Å²) in [5, 5.41) is 9.11. The lowest BCUT2D eigenvalue weighted by Gasteiger charge is -2.11. The first kappa shape index (κ1) is 21.8. The first-order chi connectivity index (χ1) is 13.7. The van der Waals surface area contributed by atoms with E-state index >= 15 is 0 Å². The van der Waals surface area contributed by atoms with Crippen LogP contribution in [-0.4, -0.2) is 48.1 Å². The quantitative estimate of drug-likeness (QED) is 0.243. The third-order valence-corrected chi connectivity index (χ3v) is 4.40. The summed E-state index contributed by atoms with van der Waals surface area (Å²) in [6.45, 7) is 3.19. The van der Waals surface area contributed by atoms with E-state index in [1.54, 1.807) is 7.05 Å². The van der Waals surface area contributed by atoms with Gasteiger partial charge in [0.15, 0.2) is 16.9 Å². The number of hydrogen-bond acceptors (Lipinski definition) is 7. The molecule has 0 saturated heterocycles. The standard InChI is InChI=1S/C18H22N4O7/c1-4-9-29-17(27)12(16(25)26)11(23)7-5-6-8-22-15(24)13-14(19-10-20(13)2)21(3)18(22)28/h4,10,12H,1,5-9H2,2-3H3,(H,25,26). The first-order valence-electron chi connectivity index (χ1n) is 8.84. The molecular formula is C18H22N4O7. The number of aryl methyl sites for hydroxylation is 2. The summed E-state index contributed by atoms with van der Waals surface area (Å²) >= 11 is 0. The van der Waals surface area contributed by atoms with Crippen LogP contribution >= 0.6 is 0 Å². The molecular weight excluding hydrogens is 384 g/mol. The zero-order valence-electron chi connectivity index (χ0n) is 16.2. The highest BCUT2D eigenvalue weighted by Gasteiger charge is 2.34. The number of hydrogen-bond donors (Lipinski definition) is 1. The molecule has 1 atom stereocenters. The number of ketones is 1. The molecule has 0 bridgehead atoms. The Morgan fingerprint density at radius 3 is 2.59 bits per heavy atom. The molecule has 29 heavy (non-hydrogen) atoms. The highest BCUT2D eigenvalue weighted by Crippen LogP contribution is 2.10. The van der Waals surface area contributed by atoms with Gasteiger partial charge in [0.2, 0.25) is 5.92 Å². The van der Waals surface area contributed by atoms with Gasteiger partial charge in [-0.3, -0.25) is 28.3 Å². The average Bonchev–Trinajstić information content (AvgIpc) is 3.05. The Hall–Kier alpha value is -3.50. The highest BCUT2D eigenvalue weighted by atomic mass is 16.5. The van der Waals surface area contributed by atoms with Gasteiger partial charge in [-0.1, -0.05) is 12.7 Å². The number of rotatable bonds is 10. The van der Waals surface area contributed by atoms with Crippen molar-refractivity contribution in [3.05, 3.63) is 39.8 Å². The van der Waals surface area contributed by atoms with Crippen LogP contribution in [0.2, 0.25) is 0 Å². The van der Waals surface area contributed by atoms with Crippen LogP contribution < -0.4 is 11.2 Å². The molecule has 0 fully saturated rings. The van der Waals surface area contributed by atoms with Crippen molar-refractivity contribution in [2.75, 3.05) is 6.61 Å². The topological polar surface area (TPSA) is 142 Å². The zero-order valence-corrected chi connectivity index (χ0v) is 16.2. The number of fused-ring (bicyclic) bond motifs is 1. The normalized spacial score (nSPS) is 11.9. The molecule has 1 unspecified atom stereocenters. The molecule has 2 heterocycles. The highest BCUT2D eigenvalue weighted by molar-refractivity contribution is 6.14. The molecule has 2 aromatic heterocycles. The van der Waals surface area contributed by atoms with Crippen molar-refractivity contribution in [3.8, 4) is 0 Å². The molecule has 0 aromatic carbocycles. The van der Waals surface area contributed by atoms with E-state index in [4.69, 9.17) is 5.11 Å². The van der Waals surface area contributed by atoms with E-state index in [2.05, 4.69) is 16.3 Å². The van der Waals surface area contributed by atoms with Gasteiger partial charge in [0.1, 0.15) is 6.61 Å². The maximum absolute atomic E-state index is 12.6. The van der Waals surface area contributed by atoms with Crippen LogP contribution in [0.15, 0.2) is 28.6 Å². The maximum Gasteiger partial charge on any atom is 0.332 e. The van der Waals surface area contributed by atoms with Crippen molar-refractivity contribution < 1.29 is 24.2 Å². The van der Waals surface area contributed by atoms with Gasteiger partial charge in [-0.15, -0.1) is 0 Å². The number of aliphatic carboxylic acids is 1. The Morgan fingerprint density at radius 2 is 1.97 bits per heavy atom. The van der Waals surface area contributed by atoms with Gasteiger partial charge in [-0.25, -0.2) is 9.78 Å². The van der Waals surface area contributed by atoms with E-state index in [0.717, 1.165) is 4.57 Å². The second-order valence-corrected chi connectivity index (χ2v) is 6.44. The van der Waals surface area contributed by atoms with Gasteiger partial charge in [-0.05, 0) is 12.8 Å². The third kappa shape index (κ3) is 4.50. The maximum atomic E-state index is 12.6. The Bertz CT molecular complexity index is 1080. The molecule has 0 aliphatic rings. The lowest BCUT2D eigenvalue weighted by molar-refractivity contribution is -0.160. The predicted molar refractivity (Wildman–Crippen MR) is 101 cm³/mol. The van der Waals surface area contributed by atoms with Crippen LogP contribution in [0.1, 0.15) is 19.3 Å². The first-order valence-corrected chi connectivity index (χ1v) is 8.84. The number of Topliss-reactive ketones (excluding diaryl/α,β-unsaturated/α-hetero) is 1. The van der Waals surface area contributed by atoms with E-state index in [9.17, 15) is 24.0 Å². The Morgan fingerprint density at radius 1 is 1.28 bits per heavy atom. The van der Waals surface area contributed by atoms with Crippen molar-refractivity contribution in [2.24, 2.45) is 20.0 Å². The van der Waals surface area contributed by atoms with E-state index in [1.807, 2.05) is 0 Å². The van der Waals surface area contributed by atoms with Crippen LogP contribution in [0, 0.1) is 5.92 Å². The van der Waals surface area contributed by atoms with Gasteiger partial charge >= 0.3 is 17.6 Å². The summed E-state index contributed by atoms with van der Waals surface area (Å²) in [6.07, 6.45) is 2.95. The number of unbranched alkanes of at least 4 members (excludes halogenated alkanes) is 1. The van der Waals surface area contributed by atoms with Crippen LogP contribution in [0.4, 0.5) is 0 Å². The lowest BCUT2D eigenvalue weighted by Crippen LogP contribution is -2.39. The van der Waals surface area contributed by atoms with Crippen molar-refractivity contribution >= 4 is 28.9 Å². The molecule has 0 aliphatic heterocycles. The number of ether oxygens (including phenoxy) is 1. The molecule has 1 N–H and O–H groups in total. The van der Waals surface area contributed by atoms with E-state index in [0.29, 0.717) is 0 Å². The molecule has 11 heteroatoms. The second-order valence-electron chi connectivity index (χ2n) is 6.44. The summed E-state index contributed by atoms with van der Waals surface area (Å²) in [7, 11) is 3.14. The van der Waals surface area contributed by atoms with Crippen molar-refractivity contribution in [3.63, 3.8) is 0 Å². The SMILES string of the molecule is C=CCOC(=O)C(C(=O)O)C(=O)CCCCn1c(=O)c2c(ncn2C)n(C)c1=O. The zero-order chi connectivity index (χ0) is 21.7. The van der Waals surface area contributed by atoms with Crippen molar-refractivity contribution in [1.29, 1.82) is 0 Å². The minimum atomic E-state index is -1.91. The summed E-state index contributed by atoms with van der Waals surface area (Å²) in [5.41, 5.74) is -0.481. The number of imidazole rings is 1. The Kier molecular flexibility index (Phi) is 6.86. The molecule has 0 aliphatic carbocycles. The molecule has 156 valence electrons. The minimum Gasteiger partial charge on any atom is -0.480 e. The summed E-state index contributed by atoms with van der Waals surface area (Å²) in [6, 6.07) is 0. The van der Waals surface area contributed by atoms with E-state index in [-0.39, 0.29) is 43.6 Å². The summed E-state index contributed by atoms with van der Waals surface area (Å²) in [5.74, 6) is -5.44. The number of carboxylic acids is 1. The van der Waals surface area contributed by atoms with Crippen molar-refractivity contribution in [1.82, 2.24) is 18.7 Å². The Balaban J connectivity index is 2.06. The number of carbonyl (C=O) groups is 3. The molecule has 0 radical (unpaired) electrons. The van der Waals surface area contributed by atoms with E-state index in [1.165, 1.54) is 28.6 Å². The van der Waals surface area contributed by atoms with Gasteiger partial charge in [0.05, 0.1) is 6.33 Å². The number of nitrogens with zero attached hydrogens (tertiary/aromatic N) is 4. The van der Waals surface area contributed by atoms with Crippen LogP contribution in [-0.2, 0) is 39.8 Å².